The van der Waals surface area contributed by atoms with Gasteiger partial charge < -0.3 is 25.5 Å². The summed E-state index contributed by atoms with van der Waals surface area (Å²) in [5.41, 5.74) is 7.16. The first-order chi connectivity index (χ1) is 16.8. The third kappa shape index (κ3) is 4.71. The minimum absolute atomic E-state index is 0.0186. The van der Waals surface area contributed by atoms with Gasteiger partial charge in [0.2, 0.25) is 5.96 Å². The first kappa shape index (κ1) is 23.9. The van der Waals surface area contributed by atoms with Gasteiger partial charge in [0.1, 0.15) is 0 Å². The van der Waals surface area contributed by atoms with Crippen LogP contribution in [0.25, 0.3) is 0 Å². The third-order valence-electron chi connectivity index (χ3n) is 8.21. The number of carboxylic acid groups (broad SMARTS) is 1. The van der Waals surface area contributed by atoms with E-state index in [4.69, 9.17) is 20.1 Å². The van der Waals surface area contributed by atoms with Gasteiger partial charge >= 0.3 is 13.1 Å². The molecule has 0 amide bonds. The van der Waals surface area contributed by atoms with Crippen molar-refractivity contribution in [3.8, 4) is 11.5 Å². The first-order valence-electron chi connectivity index (χ1n) is 12.4. The van der Waals surface area contributed by atoms with E-state index in [2.05, 4.69) is 10.3 Å². The number of carboxylic acids is 1. The van der Waals surface area contributed by atoms with E-state index in [-0.39, 0.29) is 18.2 Å². The minimum Gasteiger partial charge on any atom is -0.493 e. The fourth-order valence-corrected chi connectivity index (χ4v) is 6.89. The zero-order valence-corrected chi connectivity index (χ0v) is 20.7. The largest absolute Gasteiger partial charge is 0.493 e. The van der Waals surface area contributed by atoms with Gasteiger partial charge in [-0.2, -0.15) is 5.10 Å². The number of carbonyl (C=O) groups is 1. The molecule has 0 saturated heterocycles. The fraction of sp³-hybridized carbons (Fsp3) is 0.625. The van der Waals surface area contributed by atoms with Crippen LogP contribution in [-0.4, -0.2) is 72.7 Å². The molecule has 0 aromatic heterocycles. The fourth-order valence-electron chi connectivity index (χ4n) is 6.89. The molecular formula is C24H35BN6O4. The Kier molecular flexibility index (Phi) is 6.39. The quantitative estimate of drug-likeness (QED) is 0.379. The molecule has 1 aromatic rings. The van der Waals surface area contributed by atoms with E-state index in [0.29, 0.717) is 11.5 Å². The van der Waals surface area contributed by atoms with E-state index in [9.17, 15) is 9.90 Å². The number of benzene rings is 1. The van der Waals surface area contributed by atoms with Crippen molar-refractivity contribution in [2.75, 3.05) is 20.9 Å². The van der Waals surface area contributed by atoms with Crippen molar-refractivity contribution in [1.29, 1.82) is 0 Å². The maximum absolute atomic E-state index is 12.0. The van der Waals surface area contributed by atoms with Gasteiger partial charge in [0, 0.05) is 5.54 Å². The van der Waals surface area contributed by atoms with Crippen LogP contribution in [0.2, 0.25) is 0 Å². The molecular weight excluding hydrogens is 447 g/mol. The van der Waals surface area contributed by atoms with Crippen LogP contribution in [0.4, 0.5) is 0 Å². The van der Waals surface area contributed by atoms with Crippen LogP contribution in [0, 0.1) is 17.8 Å². The Labute approximate surface area is 206 Å². The molecule has 1 atom stereocenters. The molecule has 5 aliphatic rings. The molecule has 188 valence electrons. The predicted molar refractivity (Wildman–Crippen MR) is 134 cm³/mol. The van der Waals surface area contributed by atoms with Crippen molar-refractivity contribution in [1.82, 2.24) is 15.0 Å². The third-order valence-corrected chi connectivity index (χ3v) is 8.21. The number of guanidine groups is 1. The molecule has 1 aliphatic heterocycles. The second kappa shape index (κ2) is 9.35. The second-order valence-corrected chi connectivity index (χ2v) is 10.6. The molecule has 35 heavy (non-hydrogen) atoms. The Morgan fingerprint density at radius 3 is 2.43 bits per heavy atom. The highest BCUT2D eigenvalue weighted by Crippen LogP contribution is 2.55. The predicted octanol–water partition coefficient (Wildman–Crippen LogP) is 1.94. The number of aliphatic carboxylic acids is 1. The number of ether oxygens (including phenoxy) is 2. The summed E-state index contributed by atoms with van der Waals surface area (Å²) in [4.78, 5) is 18.5. The molecule has 0 radical (unpaired) electrons. The molecule has 6 rings (SSSR count). The number of rotatable bonds is 8. The van der Waals surface area contributed by atoms with Gasteiger partial charge in [0.15, 0.2) is 11.5 Å². The number of nitrogens with zero attached hydrogens (tertiary/aromatic N) is 4. The second-order valence-electron chi connectivity index (χ2n) is 10.6. The zero-order chi connectivity index (χ0) is 24.7. The van der Waals surface area contributed by atoms with Crippen molar-refractivity contribution in [2.45, 2.75) is 57.0 Å². The lowest BCUT2D eigenvalue weighted by atomic mass is 9.52. The number of nitrogens with one attached hydrogen (secondary N) is 1. The molecule has 4 saturated carbocycles. The summed E-state index contributed by atoms with van der Waals surface area (Å²) in [5.74, 6) is 2.89. The van der Waals surface area contributed by atoms with Gasteiger partial charge in [0.05, 0.1) is 33.1 Å². The van der Waals surface area contributed by atoms with Crippen molar-refractivity contribution >= 4 is 25.3 Å². The van der Waals surface area contributed by atoms with Crippen LogP contribution in [0.3, 0.4) is 0 Å². The lowest BCUT2D eigenvalue weighted by Gasteiger charge is -2.58. The molecule has 4 aliphatic carbocycles. The SMILES string of the molecule is COc1ccc(C=NN2CN([C@H](C)C(=O)O)B(NC34CC5CC(CC(C5)C3)C4)N=C2N)cc1OC. The number of hydrogen-bond acceptors (Lipinski definition) is 9. The van der Waals surface area contributed by atoms with Crippen LogP contribution >= 0.6 is 0 Å². The zero-order valence-electron chi connectivity index (χ0n) is 20.7. The van der Waals surface area contributed by atoms with Crippen LogP contribution in [0.5, 0.6) is 11.5 Å². The molecule has 10 nitrogen and oxygen atoms in total. The molecule has 4 bridgehead atoms. The van der Waals surface area contributed by atoms with Gasteiger partial charge in [-0.15, -0.1) is 0 Å². The average molecular weight is 482 g/mol. The van der Waals surface area contributed by atoms with Gasteiger partial charge in [-0.1, -0.05) is 0 Å². The molecule has 0 spiro atoms. The lowest BCUT2D eigenvalue weighted by Crippen LogP contribution is -2.70. The van der Waals surface area contributed by atoms with Crippen molar-refractivity contribution in [3.05, 3.63) is 23.8 Å². The summed E-state index contributed by atoms with van der Waals surface area (Å²) in [6.45, 7) is 1.90. The van der Waals surface area contributed by atoms with Crippen LogP contribution in [0.1, 0.15) is 51.0 Å². The Morgan fingerprint density at radius 1 is 1.23 bits per heavy atom. The molecule has 1 aromatic carbocycles. The van der Waals surface area contributed by atoms with Gasteiger partial charge in [-0.3, -0.25) is 14.5 Å². The van der Waals surface area contributed by atoms with Gasteiger partial charge in [-0.25, -0.2) is 5.01 Å². The highest BCUT2D eigenvalue weighted by molar-refractivity contribution is 6.53. The maximum Gasteiger partial charge on any atom is 0.458 e. The van der Waals surface area contributed by atoms with E-state index in [1.54, 1.807) is 33.4 Å². The smallest absolute Gasteiger partial charge is 0.458 e. The normalized spacial score (nSPS) is 31.1. The Balaban J connectivity index is 1.37. The molecule has 4 N–H and O–H groups in total. The number of nitrogens with two attached hydrogens (primary N) is 1. The highest BCUT2D eigenvalue weighted by Gasteiger charge is 2.53. The summed E-state index contributed by atoms with van der Waals surface area (Å²) in [5, 5.41) is 19.7. The standard InChI is InChI=1S/C24H35BN6O4/c1-15(22(32)33)30-14-31(27-13-16-4-5-20(34-2)21(9-16)35-3)23(26)28-25(30)29-24-10-17-6-18(11-24)8-19(7-17)12-24/h4-5,9,13,15,17-19,29H,6-8,10-12,14H2,1-3H3,(H2,26,28)(H,32,33)/t15-,17?,18?,19?,24?/m1/s1. The summed E-state index contributed by atoms with van der Waals surface area (Å²) in [6.07, 6.45) is 9.09. The summed E-state index contributed by atoms with van der Waals surface area (Å²) >= 11 is 0. The van der Waals surface area contributed by atoms with Gasteiger partial charge in [-0.05, 0) is 87.0 Å². The monoisotopic (exact) mass is 482 g/mol. The molecule has 1 heterocycles. The summed E-state index contributed by atoms with van der Waals surface area (Å²) in [6, 6.07) is 4.72. The Bertz CT molecular complexity index is 998. The van der Waals surface area contributed by atoms with Crippen LogP contribution in [0.15, 0.2) is 28.2 Å². The van der Waals surface area contributed by atoms with E-state index in [1.165, 1.54) is 24.3 Å². The molecule has 11 heteroatoms. The van der Waals surface area contributed by atoms with E-state index in [1.807, 2.05) is 16.9 Å². The highest BCUT2D eigenvalue weighted by atomic mass is 16.5. The number of methoxy groups -OCH3 is 2. The van der Waals surface area contributed by atoms with Crippen molar-refractivity contribution in [2.24, 2.45) is 33.5 Å². The summed E-state index contributed by atoms with van der Waals surface area (Å²) < 4.78 is 10.7. The molecule has 0 unspecified atom stereocenters. The summed E-state index contributed by atoms with van der Waals surface area (Å²) in [7, 11) is 2.67. The number of hydrogen-bond donors (Lipinski definition) is 3. The van der Waals surface area contributed by atoms with E-state index >= 15 is 0 Å². The van der Waals surface area contributed by atoms with E-state index in [0.717, 1.165) is 42.6 Å². The van der Waals surface area contributed by atoms with Crippen molar-refractivity contribution < 1.29 is 19.4 Å². The van der Waals surface area contributed by atoms with E-state index < -0.39 is 19.1 Å². The number of hydrazone groups is 1. The topological polar surface area (TPSA) is 125 Å². The first-order valence-corrected chi connectivity index (χ1v) is 12.4. The Morgan fingerprint density at radius 2 is 1.86 bits per heavy atom. The minimum atomic E-state index is -0.901. The molecule has 4 fully saturated rings. The van der Waals surface area contributed by atoms with Crippen LogP contribution in [-0.2, 0) is 4.79 Å². The van der Waals surface area contributed by atoms with Gasteiger partial charge in [0.25, 0.3) is 0 Å². The lowest BCUT2D eigenvalue weighted by molar-refractivity contribution is -0.141. The maximum atomic E-state index is 12.0. The van der Waals surface area contributed by atoms with Crippen molar-refractivity contribution in [3.63, 3.8) is 0 Å². The van der Waals surface area contributed by atoms with Crippen LogP contribution < -0.4 is 20.4 Å². The average Bonchev–Trinajstić information content (AvgIpc) is 2.81. The Hall–Kier alpha value is -2.79.